The molecular weight excluding hydrogens is 293 g/mol. The molecule has 1 heterocycles. The number of halogens is 2. The van der Waals surface area contributed by atoms with Gasteiger partial charge in [0, 0.05) is 27.7 Å². The van der Waals surface area contributed by atoms with Crippen LogP contribution in [0, 0.1) is 0 Å². The molecule has 98 valence electrons. The van der Waals surface area contributed by atoms with Crippen molar-refractivity contribution in [3.63, 3.8) is 0 Å². The number of benzene rings is 2. The number of rotatable bonds is 2. The monoisotopic (exact) mass is 301 g/mol. The maximum atomic E-state index is 12.4. The minimum atomic E-state index is -0.0662. The lowest BCUT2D eigenvalue weighted by Crippen LogP contribution is -2.01. The number of carbonyl (C=O) groups is 1. The van der Waals surface area contributed by atoms with Crippen LogP contribution in [0.25, 0.3) is 10.9 Å². The van der Waals surface area contributed by atoms with Gasteiger partial charge in [0.25, 0.3) is 0 Å². The van der Waals surface area contributed by atoms with Crippen LogP contribution in [0.15, 0.2) is 54.7 Å². The fraction of sp³-hybridized carbons (Fsp3) is 0. The average molecular weight is 302 g/mol. The first-order valence-electron chi connectivity index (χ1n) is 6.00. The van der Waals surface area contributed by atoms with Crippen LogP contribution < -0.4 is 0 Å². The highest BCUT2D eigenvalue weighted by molar-refractivity contribution is 6.35. The second-order valence-corrected chi connectivity index (χ2v) is 5.20. The summed E-state index contributed by atoms with van der Waals surface area (Å²) in [6.07, 6.45) is 1.64. The maximum Gasteiger partial charge on any atom is 0.193 e. The van der Waals surface area contributed by atoms with Gasteiger partial charge in [0.15, 0.2) is 5.78 Å². The van der Waals surface area contributed by atoms with Gasteiger partial charge in [-0.15, -0.1) is 0 Å². The highest BCUT2D eigenvalue weighted by Gasteiger charge is 2.10. The van der Waals surface area contributed by atoms with Crippen LogP contribution in [-0.4, -0.2) is 10.8 Å². The van der Waals surface area contributed by atoms with Crippen molar-refractivity contribution in [3.8, 4) is 0 Å². The molecule has 1 aromatic heterocycles. The third-order valence-electron chi connectivity index (χ3n) is 3.06. The molecule has 0 aliphatic rings. The molecule has 0 fully saturated rings. The van der Waals surface area contributed by atoms with E-state index in [1.54, 1.807) is 54.7 Å². The molecule has 0 aliphatic heterocycles. The standard InChI is InChI=1S/C16H9Cl2NO/c17-12-4-1-10(2-5-12)16(20)11-3-6-15-13(9-11)14(18)7-8-19-15/h1-9H. The molecule has 0 bridgehead atoms. The fourth-order valence-electron chi connectivity index (χ4n) is 2.02. The minimum Gasteiger partial charge on any atom is -0.289 e. The number of hydrogen-bond donors (Lipinski definition) is 0. The highest BCUT2D eigenvalue weighted by Crippen LogP contribution is 2.24. The van der Waals surface area contributed by atoms with Gasteiger partial charge in [-0.05, 0) is 48.5 Å². The van der Waals surface area contributed by atoms with E-state index in [-0.39, 0.29) is 5.78 Å². The Labute approximate surface area is 126 Å². The molecule has 0 unspecified atom stereocenters. The Hall–Kier alpha value is -1.90. The van der Waals surface area contributed by atoms with Gasteiger partial charge in [-0.2, -0.15) is 0 Å². The first kappa shape index (κ1) is 13.1. The second-order valence-electron chi connectivity index (χ2n) is 4.36. The second kappa shape index (κ2) is 5.23. The van der Waals surface area contributed by atoms with E-state index in [4.69, 9.17) is 23.2 Å². The Morgan fingerprint density at radius 3 is 2.35 bits per heavy atom. The molecule has 3 rings (SSSR count). The van der Waals surface area contributed by atoms with Gasteiger partial charge in [-0.25, -0.2) is 0 Å². The highest BCUT2D eigenvalue weighted by atomic mass is 35.5. The van der Waals surface area contributed by atoms with Crippen LogP contribution in [0.4, 0.5) is 0 Å². The molecule has 0 amide bonds. The van der Waals surface area contributed by atoms with Crippen LogP contribution in [0.2, 0.25) is 10.0 Å². The number of ketones is 1. The quantitative estimate of drug-likeness (QED) is 0.638. The van der Waals surface area contributed by atoms with Gasteiger partial charge in [0.2, 0.25) is 0 Å². The Bertz CT molecular complexity index is 797. The number of hydrogen-bond acceptors (Lipinski definition) is 2. The molecule has 0 aliphatic carbocycles. The molecule has 2 aromatic carbocycles. The van der Waals surface area contributed by atoms with E-state index in [9.17, 15) is 4.79 Å². The third kappa shape index (κ3) is 2.40. The number of nitrogens with zero attached hydrogens (tertiary/aromatic N) is 1. The van der Waals surface area contributed by atoms with Crippen molar-refractivity contribution in [1.82, 2.24) is 4.98 Å². The summed E-state index contributed by atoms with van der Waals surface area (Å²) >= 11 is 12.0. The van der Waals surface area contributed by atoms with Gasteiger partial charge < -0.3 is 0 Å². The van der Waals surface area contributed by atoms with Crippen molar-refractivity contribution in [1.29, 1.82) is 0 Å². The summed E-state index contributed by atoms with van der Waals surface area (Å²) in [4.78, 5) is 16.6. The van der Waals surface area contributed by atoms with Gasteiger partial charge in [0.05, 0.1) is 10.5 Å². The van der Waals surface area contributed by atoms with Gasteiger partial charge >= 0.3 is 0 Å². The number of pyridine rings is 1. The smallest absolute Gasteiger partial charge is 0.193 e. The topological polar surface area (TPSA) is 30.0 Å². The van der Waals surface area contributed by atoms with Crippen LogP contribution in [0.5, 0.6) is 0 Å². The lowest BCUT2D eigenvalue weighted by molar-refractivity contribution is 0.103. The van der Waals surface area contributed by atoms with Crippen LogP contribution in [0.3, 0.4) is 0 Å². The van der Waals surface area contributed by atoms with E-state index in [0.717, 1.165) is 10.9 Å². The molecule has 4 heteroatoms. The predicted molar refractivity (Wildman–Crippen MR) is 81.6 cm³/mol. The van der Waals surface area contributed by atoms with Crippen molar-refractivity contribution in [2.75, 3.05) is 0 Å². The summed E-state index contributed by atoms with van der Waals surface area (Å²) in [5, 5.41) is 1.96. The average Bonchev–Trinajstić information content (AvgIpc) is 2.47. The Balaban J connectivity index is 2.08. The van der Waals surface area contributed by atoms with Crippen molar-refractivity contribution in [2.45, 2.75) is 0 Å². The zero-order valence-corrected chi connectivity index (χ0v) is 11.8. The summed E-state index contributed by atoms with van der Waals surface area (Å²) in [6, 6.07) is 13.8. The van der Waals surface area contributed by atoms with Crippen LogP contribution in [0.1, 0.15) is 15.9 Å². The Morgan fingerprint density at radius 1 is 0.900 bits per heavy atom. The van der Waals surface area contributed by atoms with E-state index in [1.165, 1.54) is 0 Å². The van der Waals surface area contributed by atoms with Crippen molar-refractivity contribution in [3.05, 3.63) is 75.9 Å². The summed E-state index contributed by atoms with van der Waals surface area (Å²) in [5.41, 5.74) is 1.94. The molecule has 20 heavy (non-hydrogen) atoms. The summed E-state index contributed by atoms with van der Waals surface area (Å²) < 4.78 is 0. The molecule has 0 atom stereocenters. The first-order valence-corrected chi connectivity index (χ1v) is 6.75. The minimum absolute atomic E-state index is 0.0662. The summed E-state index contributed by atoms with van der Waals surface area (Å²) in [6.45, 7) is 0. The van der Waals surface area contributed by atoms with E-state index in [1.807, 2.05) is 0 Å². The van der Waals surface area contributed by atoms with E-state index in [0.29, 0.717) is 21.2 Å². The van der Waals surface area contributed by atoms with Crippen LogP contribution >= 0.6 is 23.2 Å². The molecule has 0 radical (unpaired) electrons. The largest absolute Gasteiger partial charge is 0.289 e. The first-order chi connectivity index (χ1) is 9.65. The molecule has 3 aromatic rings. The zero-order valence-electron chi connectivity index (χ0n) is 10.3. The van der Waals surface area contributed by atoms with Gasteiger partial charge in [-0.1, -0.05) is 23.2 Å². The lowest BCUT2D eigenvalue weighted by Gasteiger charge is -2.04. The molecule has 0 saturated heterocycles. The molecule has 0 saturated carbocycles. The third-order valence-corrected chi connectivity index (χ3v) is 3.64. The Kier molecular flexibility index (Phi) is 3.43. The normalized spacial score (nSPS) is 10.7. The number of fused-ring (bicyclic) bond motifs is 1. The summed E-state index contributed by atoms with van der Waals surface area (Å²) in [7, 11) is 0. The van der Waals surface area contributed by atoms with E-state index >= 15 is 0 Å². The Morgan fingerprint density at radius 2 is 1.60 bits per heavy atom. The van der Waals surface area contributed by atoms with Crippen molar-refractivity contribution >= 4 is 39.9 Å². The molecule has 2 nitrogen and oxygen atoms in total. The van der Waals surface area contributed by atoms with E-state index in [2.05, 4.69) is 4.98 Å². The molecular formula is C16H9Cl2NO. The molecule has 0 N–H and O–H groups in total. The molecule has 0 spiro atoms. The van der Waals surface area contributed by atoms with Gasteiger partial charge in [0.1, 0.15) is 0 Å². The SMILES string of the molecule is O=C(c1ccc(Cl)cc1)c1ccc2nccc(Cl)c2c1. The van der Waals surface area contributed by atoms with Crippen LogP contribution in [-0.2, 0) is 0 Å². The number of carbonyl (C=O) groups excluding carboxylic acids is 1. The maximum absolute atomic E-state index is 12.4. The number of aromatic nitrogens is 1. The van der Waals surface area contributed by atoms with Gasteiger partial charge in [-0.3, -0.25) is 9.78 Å². The van der Waals surface area contributed by atoms with E-state index < -0.39 is 0 Å². The zero-order chi connectivity index (χ0) is 14.1. The van der Waals surface area contributed by atoms with Crippen molar-refractivity contribution < 1.29 is 4.79 Å². The lowest BCUT2D eigenvalue weighted by atomic mass is 10.0. The van der Waals surface area contributed by atoms with Crippen molar-refractivity contribution in [2.24, 2.45) is 0 Å². The summed E-state index contributed by atoms with van der Waals surface area (Å²) in [5.74, 6) is -0.0662. The fourth-order valence-corrected chi connectivity index (χ4v) is 2.36. The predicted octanol–water partition coefficient (Wildman–Crippen LogP) is 4.77.